The lowest BCUT2D eigenvalue weighted by molar-refractivity contribution is 1.57. The van der Waals surface area contributed by atoms with Gasteiger partial charge in [0.05, 0.1) is 0 Å². The van der Waals surface area contributed by atoms with E-state index in [1.54, 1.807) is 0 Å². The zero-order valence-electron chi connectivity index (χ0n) is 21.0. The van der Waals surface area contributed by atoms with Crippen LogP contribution in [0.1, 0.15) is 0 Å². The van der Waals surface area contributed by atoms with Crippen molar-refractivity contribution in [3.8, 4) is 44.5 Å². The van der Waals surface area contributed by atoms with Crippen molar-refractivity contribution in [3.63, 3.8) is 0 Å². The molecule has 0 radical (unpaired) electrons. The summed E-state index contributed by atoms with van der Waals surface area (Å²) < 4.78 is 0. The van der Waals surface area contributed by atoms with E-state index in [0.717, 1.165) is 0 Å². The molecule has 7 rings (SSSR count). The highest BCUT2D eigenvalue weighted by atomic mass is 14.2. The summed E-state index contributed by atoms with van der Waals surface area (Å²) in [6.45, 7) is 0. The maximum absolute atomic E-state index is 2.38. The highest BCUT2D eigenvalue weighted by Crippen LogP contribution is 2.47. The zero-order chi connectivity index (χ0) is 25.3. The molecule has 7 aromatic carbocycles. The summed E-state index contributed by atoms with van der Waals surface area (Å²) in [6.07, 6.45) is 0. The first kappa shape index (κ1) is 22.3. The lowest BCUT2D eigenvalue weighted by Crippen LogP contribution is -1.95. The molecule has 0 heteroatoms. The predicted octanol–water partition coefficient (Wildman–Crippen LogP) is 10.7. The molecule has 0 bridgehead atoms. The first-order chi connectivity index (χ1) is 18.9. The molecule has 178 valence electrons. The van der Waals surface area contributed by atoms with Crippen molar-refractivity contribution < 1.29 is 0 Å². The van der Waals surface area contributed by atoms with Gasteiger partial charge < -0.3 is 0 Å². The van der Waals surface area contributed by atoms with Gasteiger partial charge in [-0.3, -0.25) is 0 Å². The third-order valence-electron chi connectivity index (χ3n) is 7.43. The molecule has 38 heavy (non-hydrogen) atoms. The van der Waals surface area contributed by atoms with Crippen LogP contribution in [0.2, 0.25) is 0 Å². The molecule has 0 fully saturated rings. The standard InChI is InChI=1S/C38H26/c1-4-14-27(15-5-1)33-22-12-13-23-34(33)38-36-25-31-21-11-10-20-30(31)24-32(36)26-35(28-16-6-2-7-17-28)37(38)29-18-8-3-9-19-29/h1-26H. The Morgan fingerprint density at radius 2 is 0.737 bits per heavy atom. The Kier molecular flexibility index (Phi) is 5.57. The molecule has 0 aromatic heterocycles. The van der Waals surface area contributed by atoms with E-state index in [1.165, 1.54) is 66.1 Å². The highest BCUT2D eigenvalue weighted by Gasteiger charge is 2.20. The molecule has 0 unspecified atom stereocenters. The van der Waals surface area contributed by atoms with E-state index in [1.807, 2.05) is 0 Å². The van der Waals surface area contributed by atoms with E-state index in [9.17, 15) is 0 Å². The fourth-order valence-corrected chi connectivity index (χ4v) is 5.69. The van der Waals surface area contributed by atoms with Gasteiger partial charge in [0, 0.05) is 0 Å². The van der Waals surface area contributed by atoms with Gasteiger partial charge in [-0.15, -0.1) is 0 Å². The molecule has 0 aliphatic heterocycles. The first-order valence-electron chi connectivity index (χ1n) is 13.1. The fourth-order valence-electron chi connectivity index (χ4n) is 5.69. The molecule has 0 amide bonds. The SMILES string of the molecule is c1ccc(-c2ccccc2-c2c(-c3ccccc3)c(-c3ccccc3)cc3cc4ccccc4cc23)cc1. The number of rotatable bonds is 4. The molecular formula is C38H26. The number of hydrogen-bond acceptors (Lipinski definition) is 0. The van der Waals surface area contributed by atoms with Crippen LogP contribution in [0, 0.1) is 0 Å². The van der Waals surface area contributed by atoms with Crippen LogP contribution in [-0.4, -0.2) is 0 Å². The Bertz CT molecular complexity index is 1880. The molecule has 0 nitrogen and oxygen atoms in total. The molecule has 0 saturated heterocycles. The third-order valence-corrected chi connectivity index (χ3v) is 7.43. The van der Waals surface area contributed by atoms with Crippen molar-refractivity contribution >= 4 is 21.5 Å². The predicted molar refractivity (Wildman–Crippen MR) is 163 cm³/mol. The second kappa shape index (κ2) is 9.50. The van der Waals surface area contributed by atoms with Crippen LogP contribution >= 0.6 is 0 Å². The smallest absolute Gasteiger partial charge is 0.00141 e. The number of fused-ring (bicyclic) bond motifs is 2. The molecule has 0 aliphatic rings. The van der Waals surface area contributed by atoms with Crippen molar-refractivity contribution in [2.24, 2.45) is 0 Å². The Morgan fingerprint density at radius 3 is 1.37 bits per heavy atom. The molecular weight excluding hydrogens is 456 g/mol. The lowest BCUT2D eigenvalue weighted by atomic mass is 9.81. The molecule has 0 aliphatic carbocycles. The fraction of sp³-hybridized carbons (Fsp3) is 0. The van der Waals surface area contributed by atoms with Gasteiger partial charge >= 0.3 is 0 Å². The zero-order valence-corrected chi connectivity index (χ0v) is 21.0. The third kappa shape index (κ3) is 3.88. The maximum atomic E-state index is 2.38. The minimum atomic E-state index is 1.22. The van der Waals surface area contributed by atoms with Gasteiger partial charge in [-0.2, -0.15) is 0 Å². The van der Waals surface area contributed by atoms with Crippen LogP contribution in [0.5, 0.6) is 0 Å². The van der Waals surface area contributed by atoms with E-state index < -0.39 is 0 Å². The molecule has 0 N–H and O–H groups in total. The molecule has 0 spiro atoms. The van der Waals surface area contributed by atoms with Crippen molar-refractivity contribution in [3.05, 3.63) is 158 Å². The summed E-state index contributed by atoms with van der Waals surface area (Å²) in [6, 6.07) is 57.0. The van der Waals surface area contributed by atoms with Crippen LogP contribution in [0.3, 0.4) is 0 Å². The quantitative estimate of drug-likeness (QED) is 0.219. The van der Waals surface area contributed by atoms with Crippen molar-refractivity contribution in [2.75, 3.05) is 0 Å². The average molecular weight is 483 g/mol. The topological polar surface area (TPSA) is 0 Å². The monoisotopic (exact) mass is 482 g/mol. The molecule has 0 saturated carbocycles. The van der Waals surface area contributed by atoms with E-state index in [4.69, 9.17) is 0 Å². The number of benzene rings is 7. The Balaban J connectivity index is 1.69. The Hall–Kier alpha value is -4.94. The average Bonchev–Trinajstić information content (AvgIpc) is 3.00. The van der Waals surface area contributed by atoms with Gasteiger partial charge in [-0.1, -0.05) is 140 Å². The van der Waals surface area contributed by atoms with Crippen molar-refractivity contribution in [1.82, 2.24) is 0 Å². The minimum Gasteiger partial charge on any atom is -0.0622 e. The first-order valence-corrected chi connectivity index (χ1v) is 13.1. The molecule has 7 aromatic rings. The summed E-state index contributed by atoms with van der Waals surface area (Å²) >= 11 is 0. The van der Waals surface area contributed by atoms with E-state index in [-0.39, 0.29) is 0 Å². The summed E-state index contributed by atoms with van der Waals surface area (Å²) in [7, 11) is 0. The van der Waals surface area contributed by atoms with Gasteiger partial charge in [-0.05, 0) is 84.3 Å². The van der Waals surface area contributed by atoms with Crippen LogP contribution in [-0.2, 0) is 0 Å². The second-order valence-electron chi connectivity index (χ2n) is 9.74. The van der Waals surface area contributed by atoms with Crippen LogP contribution in [0.25, 0.3) is 66.1 Å². The summed E-state index contributed by atoms with van der Waals surface area (Å²) in [5, 5.41) is 5.03. The minimum absolute atomic E-state index is 1.22. The van der Waals surface area contributed by atoms with E-state index >= 15 is 0 Å². The largest absolute Gasteiger partial charge is 0.0622 e. The van der Waals surface area contributed by atoms with Crippen molar-refractivity contribution in [2.45, 2.75) is 0 Å². The van der Waals surface area contributed by atoms with E-state index in [2.05, 4.69) is 158 Å². The maximum Gasteiger partial charge on any atom is -0.00141 e. The van der Waals surface area contributed by atoms with Gasteiger partial charge in [0.15, 0.2) is 0 Å². The summed E-state index contributed by atoms with van der Waals surface area (Å²) in [5.74, 6) is 0. The van der Waals surface area contributed by atoms with Gasteiger partial charge in [0.2, 0.25) is 0 Å². The second-order valence-corrected chi connectivity index (χ2v) is 9.74. The van der Waals surface area contributed by atoms with Gasteiger partial charge in [-0.25, -0.2) is 0 Å². The number of hydrogen-bond donors (Lipinski definition) is 0. The Labute approximate surface area is 223 Å². The Morgan fingerprint density at radius 1 is 0.263 bits per heavy atom. The molecule has 0 heterocycles. The van der Waals surface area contributed by atoms with Crippen LogP contribution < -0.4 is 0 Å². The van der Waals surface area contributed by atoms with Crippen LogP contribution in [0.15, 0.2) is 158 Å². The summed E-state index contributed by atoms with van der Waals surface area (Å²) in [5.41, 5.74) is 9.94. The van der Waals surface area contributed by atoms with Gasteiger partial charge in [0.1, 0.15) is 0 Å². The van der Waals surface area contributed by atoms with E-state index in [0.29, 0.717) is 0 Å². The summed E-state index contributed by atoms with van der Waals surface area (Å²) in [4.78, 5) is 0. The normalized spacial score (nSPS) is 11.2. The van der Waals surface area contributed by atoms with Crippen molar-refractivity contribution in [1.29, 1.82) is 0 Å². The lowest BCUT2D eigenvalue weighted by Gasteiger charge is -2.22. The van der Waals surface area contributed by atoms with Gasteiger partial charge in [0.25, 0.3) is 0 Å². The van der Waals surface area contributed by atoms with Crippen LogP contribution in [0.4, 0.5) is 0 Å². The molecule has 0 atom stereocenters. The highest BCUT2D eigenvalue weighted by molar-refractivity contribution is 6.15.